The van der Waals surface area contributed by atoms with Crippen LogP contribution in [-0.4, -0.2) is 6.54 Å². The van der Waals surface area contributed by atoms with E-state index < -0.39 is 0 Å². The summed E-state index contributed by atoms with van der Waals surface area (Å²) in [5.74, 6) is -0.183. The third-order valence-corrected chi connectivity index (χ3v) is 3.80. The van der Waals surface area contributed by atoms with Gasteiger partial charge in [-0.3, -0.25) is 0 Å². The smallest absolute Gasteiger partial charge is 0.126 e. The summed E-state index contributed by atoms with van der Waals surface area (Å²) >= 11 is 6.37. The number of hydrogen-bond donors (Lipinski definition) is 1. The molecule has 20 heavy (non-hydrogen) atoms. The third-order valence-electron chi connectivity index (χ3n) is 3.47. The van der Waals surface area contributed by atoms with Gasteiger partial charge in [0.25, 0.3) is 0 Å². The molecule has 0 aliphatic carbocycles. The maximum atomic E-state index is 13.3. The van der Waals surface area contributed by atoms with Crippen LogP contribution >= 0.6 is 11.6 Å². The monoisotopic (exact) mass is 291 g/mol. The molecule has 0 bridgehead atoms. The zero-order valence-electron chi connectivity index (χ0n) is 12.0. The molecule has 1 atom stereocenters. The van der Waals surface area contributed by atoms with Gasteiger partial charge >= 0.3 is 0 Å². The standard InChI is InChI=1S/C17H19ClFN/c1-4-20-12(3)15-7-5-14(10-16(15)18)13-6-8-17(19)11(2)9-13/h5-10,12,20H,4H2,1-3H3. The second-order valence-electron chi connectivity index (χ2n) is 4.98. The van der Waals surface area contributed by atoms with Crippen LogP contribution in [0.1, 0.15) is 31.0 Å². The Morgan fingerprint density at radius 2 is 1.80 bits per heavy atom. The fraction of sp³-hybridized carbons (Fsp3) is 0.294. The molecule has 2 aromatic carbocycles. The Balaban J connectivity index is 2.35. The van der Waals surface area contributed by atoms with Crippen LogP contribution in [0.4, 0.5) is 4.39 Å². The molecule has 1 nitrogen and oxygen atoms in total. The molecule has 0 aromatic heterocycles. The quantitative estimate of drug-likeness (QED) is 0.824. The van der Waals surface area contributed by atoms with Gasteiger partial charge in [-0.2, -0.15) is 0 Å². The van der Waals surface area contributed by atoms with E-state index in [2.05, 4.69) is 19.2 Å². The first-order valence-corrected chi connectivity index (χ1v) is 7.20. The van der Waals surface area contributed by atoms with Gasteiger partial charge in [-0.1, -0.05) is 36.7 Å². The molecule has 1 N–H and O–H groups in total. The Morgan fingerprint density at radius 1 is 1.15 bits per heavy atom. The molecule has 0 fully saturated rings. The van der Waals surface area contributed by atoms with Crippen molar-refractivity contribution in [2.24, 2.45) is 0 Å². The zero-order valence-corrected chi connectivity index (χ0v) is 12.8. The Morgan fingerprint density at radius 3 is 2.40 bits per heavy atom. The van der Waals surface area contributed by atoms with Gasteiger partial charge < -0.3 is 5.32 Å². The van der Waals surface area contributed by atoms with Crippen molar-refractivity contribution < 1.29 is 4.39 Å². The normalized spacial score (nSPS) is 12.4. The van der Waals surface area contributed by atoms with E-state index in [0.29, 0.717) is 5.56 Å². The molecule has 0 amide bonds. The van der Waals surface area contributed by atoms with Gasteiger partial charge in [0.2, 0.25) is 0 Å². The van der Waals surface area contributed by atoms with Gasteiger partial charge in [-0.15, -0.1) is 0 Å². The highest BCUT2D eigenvalue weighted by Gasteiger charge is 2.10. The van der Waals surface area contributed by atoms with Crippen molar-refractivity contribution in [1.82, 2.24) is 5.32 Å². The van der Waals surface area contributed by atoms with E-state index in [1.165, 1.54) is 6.07 Å². The minimum atomic E-state index is -0.183. The van der Waals surface area contributed by atoms with Crippen LogP contribution in [0.5, 0.6) is 0 Å². The molecule has 0 saturated carbocycles. The highest BCUT2D eigenvalue weighted by Crippen LogP contribution is 2.29. The van der Waals surface area contributed by atoms with Crippen LogP contribution in [0.15, 0.2) is 36.4 Å². The molecule has 0 spiro atoms. The lowest BCUT2D eigenvalue weighted by atomic mass is 10.00. The van der Waals surface area contributed by atoms with Gasteiger partial charge in [-0.25, -0.2) is 4.39 Å². The highest BCUT2D eigenvalue weighted by atomic mass is 35.5. The topological polar surface area (TPSA) is 12.0 Å². The average Bonchev–Trinajstić information content (AvgIpc) is 2.42. The molecule has 0 aliphatic rings. The maximum Gasteiger partial charge on any atom is 0.126 e. The van der Waals surface area contributed by atoms with E-state index in [1.54, 1.807) is 13.0 Å². The number of benzene rings is 2. The fourth-order valence-corrected chi connectivity index (χ4v) is 2.64. The lowest BCUT2D eigenvalue weighted by molar-refractivity contribution is 0.598. The van der Waals surface area contributed by atoms with Crippen molar-refractivity contribution >= 4 is 11.6 Å². The van der Waals surface area contributed by atoms with Crippen molar-refractivity contribution in [3.8, 4) is 11.1 Å². The summed E-state index contributed by atoms with van der Waals surface area (Å²) in [5.41, 5.74) is 3.71. The molecular weight excluding hydrogens is 273 g/mol. The zero-order chi connectivity index (χ0) is 14.7. The first-order valence-electron chi connectivity index (χ1n) is 6.82. The van der Waals surface area contributed by atoms with Gasteiger partial charge in [0.05, 0.1) is 0 Å². The van der Waals surface area contributed by atoms with E-state index in [0.717, 1.165) is 28.3 Å². The lowest BCUT2D eigenvalue weighted by Gasteiger charge is -2.15. The number of hydrogen-bond acceptors (Lipinski definition) is 1. The number of halogens is 2. The summed E-state index contributed by atoms with van der Waals surface area (Å²) in [6, 6.07) is 11.3. The van der Waals surface area contributed by atoms with E-state index in [1.807, 2.05) is 24.3 Å². The predicted molar refractivity (Wildman–Crippen MR) is 83.7 cm³/mol. The van der Waals surface area contributed by atoms with Crippen LogP contribution in [-0.2, 0) is 0 Å². The van der Waals surface area contributed by atoms with Gasteiger partial charge in [0.15, 0.2) is 0 Å². The molecule has 3 heteroatoms. The Labute approximate surface area is 124 Å². The van der Waals surface area contributed by atoms with Gasteiger partial charge in [0.1, 0.15) is 5.82 Å². The Bertz CT molecular complexity index is 610. The van der Waals surface area contributed by atoms with Gasteiger partial charge in [-0.05, 0) is 60.8 Å². The summed E-state index contributed by atoms with van der Waals surface area (Å²) in [7, 11) is 0. The van der Waals surface area contributed by atoms with Crippen molar-refractivity contribution in [1.29, 1.82) is 0 Å². The molecule has 106 valence electrons. The van der Waals surface area contributed by atoms with Crippen molar-refractivity contribution in [3.05, 3.63) is 58.4 Å². The van der Waals surface area contributed by atoms with Crippen molar-refractivity contribution in [2.75, 3.05) is 6.54 Å². The Hall–Kier alpha value is -1.38. The molecule has 0 heterocycles. The summed E-state index contributed by atoms with van der Waals surface area (Å²) < 4.78 is 13.3. The molecule has 2 rings (SSSR count). The molecule has 0 aliphatic heterocycles. The number of nitrogens with one attached hydrogen (secondary N) is 1. The van der Waals surface area contributed by atoms with Crippen molar-refractivity contribution in [3.63, 3.8) is 0 Å². The van der Waals surface area contributed by atoms with E-state index in [9.17, 15) is 4.39 Å². The third kappa shape index (κ3) is 3.20. The minimum Gasteiger partial charge on any atom is -0.310 e. The first-order chi connectivity index (χ1) is 9.52. The summed E-state index contributed by atoms with van der Waals surface area (Å²) in [6.45, 7) is 6.82. The minimum absolute atomic E-state index is 0.183. The van der Waals surface area contributed by atoms with Crippen LogP contribution in [0.3, 0.4) is 0 Å². The molecular formula is C17H19ClFN. The first kappa shape index (κ1) is 15.0. The van der Waals surface area contributed by atoms with Crippen LogP contribution in [0.25, 0.3) is 11.1 Å². The largest absolute Gasteiger partial charge is 0.310 e. The molecule has 0 saturated heterocycles. The second-order valence-corrected chi connectivity index (χ2v) is 5.39. The molecule has 1 unspecified atom stereocenters. The summed E-state index contributed by atoms with van der Waals surface area (Å²) in [6.07, 6.45) is 0. The summed E-state index contributed by atoms with van der Waals surface area (Å²) in [5, 5.41) is 4.08. The fourth-order valence-electron chi connectivity index (χ4n) is 2.30. The van der Waals surface area contributed by atoms with Gasteiger partial charge in [0, 0.05) is 11.1 Å². The van der Waals surface area contributed by atoms with E-state index in [4.69, 9.17) is 11.6 Å². The Kier molecular flexibility index (Phi) is 4.79. The highest BCUT2D eigenvalue weighted by molar-refractivity contribution is 6.31. The SMILES string of the molecule is CCNC(C)c1ccc(-c2ccc(F)c(C)c2)cc1Cl. The number of aryl methyl sites for hydroxylation is 1. The summed E-state index contributed by atoms with van der Waals surface area (Å²) in [4.78, 5) is 0. The van der Waals surface area contributed by atoms with Crippen LogP contribution in [0, 0.1) is 12.7 Å². The average molecular weight is 292 g/mol. The second kappa shape index (κ2) is 6.38. The predicted octanol–water partition coefficient (Wildman–Crippen LogP) is 5.13. The van der Waals surface area contributed by atoms with E-state index in [-0.39, 0.29) is 11.9 Å². The molecule has 2 aromatic rings. The lowest BCUT2D eigenvalue weighted by Crippen LogP contribution is -2.17. The molecule has 0 radical (unpaired) electrons. The number of rotatable bonds is 4. The van der Waals surface area contributed by atoms with E-state index >= 15 is 0 Å². The van der Waals surface area contributed by atoms with Crippen LogP contribution < -0.4 is 5.32 Å². The van der Waals surface area contributed by atoms with Crippen molar-refractivity contribution in [2.45, 2.75) is 26.8 Å². The van der Waals surface area contributed by atoms with Crippen LogP contribution in [0.2, 0.25) is 5.02 Å². The maximum absolute atomic E-state index is 13.3.